The van der Waals surface area contributed by atoms with E-state index in [0.29, 0.717) is 12.8 Å². The number of ketones is 1. The van der Waals surface area contributed by atoms with Crippen LogP contribution in [0.2, 0.25) is 0 Å². The molecule has 0 unspecified atom stereocenters. The first-order chi connectivity index (χ1) is 16.3. The summed E-state index contributed by atoms with van der Waals surface area (Å²) in [6.07, 6.45) is -8.15. The summed E-state index contributed by atoms with van der Waals surface area (Å²) < 4.78 is 22.0. The molecule has 35 heavy (non-hydrogen) atoms. The molecule has 3 fully saturated rings. The smallest absolute Gasteiger partial charge is 0.187 e. The molecule has 1 saturated carbocycles. The van der Waals surface area contributed by atoms with Gasteiger partial charge in [0.05, 0.1) is 19.3 Å². The molecule has 11 nitrogen and oxygen atoms in total. The van der Waals surface area contributed by atoms with Gasteiger partial charge in [-0.05, 0) is 24.2 Å². The lowest BCUT2D eigenvalue weighted by molar-refractivity contribution is -0.324. The number of aliphatic hydroxyl groups is 6. The van der Waals surface area contributed by atoms with E-state index in [1.165, 1.54) is 0 Å². The monoisotopic (exact) mass is 504 g/mol. The zero-order chi connectivity index (χ0) is 26.1. The number of Topliss-reactive ketones (excluding diaryl/α,β-unsaturated/α-hetero) is 1. The summed E-state index contributed by atoms with van der Waals surface area (Å²) in [5, 5.41) is 60.3. The topological polar surface area (TPSA) is 175 Å². The Morgan fingerprint density at radius 1 is 1.03 bits per heavy atom. The van der Waals surface area contributed by atoms with Gasteiger partial charge >= 0.3 is 0 Å². The van der Waals surface area contributed by atoms with Gasteiger partial charge in [0.25, 0.3) is 0 Å². The lowest BCUT2D eigenvalue weighted by atomic mass is 9.63. The third kappa shape index (κ3) is 6.67. The van der Waals surface area contributed by atoms with Crippen LogP contribution in [-0.4, -0.2) is 111 Å². The number of hydrogen-bond donors (Lipinski definition) is 6. The fourth-order valence-electron chi connectivity index (χ4n) is 5.22. The summed E-state index contributed by atoms with van der Waals surface area (Å²) in [5.74, 6) is 0.599. The lowest BCUT2D eigenvalue weighted by Crippen LogP contribution is -2.60. The molecule has 202 valence electrons. The number of rotatable bonds is 7. The number of allylic oxidation sites excluding steroid dienone is 1. The molecule has 3 aliphatic rings. The van der Waals surface area contributed by atoms with Gasteiger partial charge in [-0.15, -0.1) is 0 Å². The zero-order valence-electron chi connectivity index (χ0n) is 20.6. The van der Waals surface area contributed by atoms with Crippen LogP contribution in [0.25, 0.3) is 0 Å². The summed E-state index contributed by atoms with van der Waals surface area (Å²) >= 11 is 0. The Hall–Kier alpha value is -0.990. The normalized spacial score (nSPS) is 45.5. The summed E-state index contributed by atoms with van der Waals surface area (Å²) in [7, 11) is 0. The molecule has 0 aromatic heterocycles. The maximum Gasteiger partial charge on any atom is 0.187 e. The maximum atomic E-state index is 12.0. The molecule has 1 aliphatic carbocycles. The van der Waals surface area contributed by atoms with Crippen molar-refractivity contribution in [3.8, 4) is 0 Å². The van der Waals surface area contributed by atoms with Gasteiger partial charge < -0.3 is 49.6 Å². The van der Waals surface area contributed by atoms with Gasteiger partial charge in [0, 0.05) is 12.8 Å². The SMILES string of the molecule is C[C@H](/C=C/[C@H]1[C@H](C)CC(=O)CC1(C)C)O[C@@H]1O[C@H](CO[C@@H]2OC[C@@H](O)[C@H](O)[C@H]2O)[C@@H](O)[C@H](O)[C@H]1O. The van der Waals surface area contributed by atoms with E-state index in [1.807, 2.05) is 19.1 Å². The molecule has 0 aromatic carbocycles. The number of aliphatic hydroxyl groups excluding tert-OH is 6. The van der Waals surface area contributed by atoms with Gasteiger partial charge in [0.2, 0.25) is 0 Å². The number of carbonyl (C=O) groups excluding carboxylic acids is 1. The number of ether oxygens (including phenoxy) is 4. The van der Waals surface area contributed by atoms with Crippen molar-refractivity contribution < 1.29 is 54.4 Å². The van der Waals surface area contributed by atoms with Gasteiger partial charge in [0.15, 0.2) is 12.6 Å². The van der Waals surface area contributed by atoms with Crippen LogP contribution in [0.5, 0.6) is 0 Å². The number of hydrogen-bond acceptors (Lipinski definition) is 11. The van der Waals surface area contributed by atoms with Crippen molar-refractivity contribution in [3.05, 3.63) is 12.2 Å². The molecule has 6 N–H and O–H groups in total. The van der Waals surface area contributed by atoms with Crippen LogP contribution in [0.4, 0.5) is 0 Å². The average molecular weight is 505 g/mol. The van der Waals surface area contributed by atoms with Crippen molar-refractivity contribution in [2.75, 3.05) is 13.2 Å². The second kappa shape index (κ2) is 11.6. The van der Waals surface area contributed by atoms with Crippen molar-refractivity contribution >= 4 is 5.78 Å². The molecule has 2 aliphatic heterocycles. The van der Waals surface area contributed by atoms with Crippen LogP contribution in [0.1, 0.15) is 40.5 Å². The Morgan fingerprint density at radius 2 is 1.69 bits per heavy atom. The predicted molar refractivity (Wildman–Crippen MR) is 121 cm³/mol. The van der Waals surface area contributed by atoms with Crippen molar-refractivity contribution in [2.45, 2.75) is 102 Å². The lowest BCUT2D eigenvalue weighted by Gasteiger charge is -2.42. The van der Waals surface area contributed by atoms with E-state index < -0.39 is 61.4 Å². The molecule has 2 heterocycles. The first-order valence-electron chi connectivity index (χ1n) is 12.1. The Kier molecular flexibility index (Phi) is 9.47. The van der Waals surface area contributed by atoms with Crippen LogP contribution in [0, 0.1) is 17.3 Å². The first-order valence-corrected chi connectivity index (χ1v) is 12.1. The highest BCUT2D eigenvalue weighted by Crippen LogP contribution is 2.43. The van der Waals surface area contributed by atoms with Crippen molar-refractivity contribution in [1.82, 2.24) is 0 Å². The average Bonchev–Trinajstić information content (AvgIpc) is 2.76. The Bertz CT molecular complexity index is 743. The van der Waals surface area contributed by atoms with E-state index in [-0.39, 0.29) is 36.2 Å². The first kappa shape index (κ1) is 28.6. The van der Waals surface area contributed by atoms with E-state index in [9.17, 15) is 35.4 Å². The number of carbonyl (C=O) groups is 1. The molecule has 3 rings (SSSR count). The largest absolute Gasteiger partial charge is 0.388 e. The zero-order valence-corrected chi connectivity index (χ0v) is 20.6. The third-order valence-electron chi connectivity index (χ3n) is 7.20. The van der Waals surface area contributed by atoms with E-state index in [0.717, 1.165) is 0 Å². The Labute approximate surface area is 205 Å². The van der Waals surface area contributed by atoms with Gasteiger partial charge in [-0.3, -0.25) is 4.79 Å². The molecule has 0 amide bonds. The minimum absolute atomic E-state index is 0.160. The van der Waals surface area contributed by atoms with E-state index in [4.69, 9.17) is 18.9 Å². The fourth-order valence-corrected chi connectivity index (χ4v) is 5.22. The quantitative estimate of drug-likeness (QED) is 0.231. The van der Waals surface area contributed by atoms with Crippen LogP contribution < -0.4 is 0 Å². The molecule has 11 heteroatoms. The van der Waals surface area contributed by atoms with Crippen molar-refractivity contribution in [2.24, 2.45) is 17.3 Å². The Morgan fingerprint density at radius 3 is 2.34 bits per heavy atom. The molecule has 2 saturated heterocycles. The highest BCUT2D eigenvalue weighted by Gasteiger charge is 2.46. The van der Waals surface area contributed by atoms with Crippen LogP contribution in [0.3, 0.4) is 0 Å². The summed E-state index contributed by atoms with van der Waals surface area (Å²) in [5.41, 5.74) is -0.191. The van der Waals surface area contributed by atoms with E-state index in [1.54, 1.807) is 6.92 Å². The summed E-state index contributed by atoms with van der Waals surface area (Å²) in [6.45, 7) is 7.32. The maximum absolute atomic E-state index is 12.0. The summed E-state index contributed by atoms with van der Waals surface area (Å²) in [4.78, 5) is 12.0. The predicted octanol–water partition coefficient (Wildman–Crippen LogP) is -1.15. The van der Waals surface area contributed by atoms with Crippen LogP contribution in [-0.2, 0) is 23.7 Å². The Balaban J connectivity index is 1.58. The highest BCUT2D eigenvalue weighted by atomic mass is 16.7. The van der Waals surface area contributed by atoms with Gasteiger partial charge in [-0.1, -0.05) is 32.9 Å². The molecule has 12 atom stereocenters. The van der Waals surface area contributed by atoms with Gasteiger partial charge in [0.1, 0.15) is 48.5 Å². The second-order valence-electron chi connectivity index (χ2n) is 10.7. The summed E-state index contributed by atoms with van der Waals surface area (Å²) in [6, 6.07) is 0. The molecule has 0 bridgehead atoms. The van der Waals surface area contributed by atoms with E-state index in [2.05, 4.69) is 13.8 Å². The molecular formula is C24H40O11. The second-order valence-corrected chi connectivity index (χ2v) is 10.7. The van der Waals surface area contributed by atoms with Crippen LogP contribution >= 0.6 is 0 Å². The van der Waals surface area contributed by atoms with Crippen molar-refractivity contribution in [1.29, 1.82) is 0 Å². The van der Waals surface area contributed by atoms with Crippen molar-refractivity contribution in [3.63, 3.8) is 0 Å². The minimum atomic E-state index is -1.58. The van der Waals surface area contributed by atoms with E-state index >= 15 is 0 Å². The van der Waals surface area contributed by atoms with Gasteiger partial charge in [-0.2, -0.15) is 0 Å². The molecule has 0 spiro atoms. The standard InChI is InChI=1S/C24H40O11/c1-11-7-13(25)8-24(3,4)14(11)6-5-12(2)34-23-21(31)19(29)18(28)16(35-23)10-33-22-20(30)17(27)15(26)9-32-22/h5-6,11-12,14-23,26-31H,7-10H2,1-4H3/b6-5+/t11-,12-,14+,15-,16-,17+,18-,19+,20-,21-,22+,23-/m1/s1. The molecule has 0 aromatic rings. The molecule has 0 radical (unpaired) electrons. The fraction of sp³-hybridized carbons (Fsp3) is 0.875. The highest BCUT2D eigenvalue weighted by molar-refractivity contribution is 5.80. The van der Waals surface area contributed by atoms with Gasteiger partial charge in [-0.25, -0.2) is 0 Å². The van der Waals surface area contributed by atoms with Crippen LogP contribution in [0.15, 0.2) is 12.2 Å². The molecular weight excluding hydrogens is 464 g/mol. The minimum Gasteiger partial charge on any atom is -0.388 e. The third-order valence-corrected chi connectivity index (χ3v) is 7.20.